The van der Waals surface area contributed by atoms with Crippen LogP contribution >= 0.6 is 0 Å². The molecule has 1 aliphatic rings. The van der Waals surface area contributed by atoms with Crippen LogP contribution in [0.3, 0.4) is 0 Å². The van der Waals surface area contributed by atoms with Crippen molar-refractivity contribution >= 4 is 14.1 Å². The molecule has 70 valence electrons. The lowest BCUT2D eigenvalue weighted by Crippen LogP contribution is -2.43. The van der Waals surface area contributed by atoms with Gasteiger partial charge in [0.1, 0.15) is 5.82 Å². The standard InChI is InChI=1S/C10H16N2Si/c1-13(2)9-5-8-12(13)10-6-3-4-7-11-10/h3-4,6-7H,5,8-9H2,1-2H3. The summed E-state index contributed by atoms with van der Waals surface area (Å²) in [5.41, 5.74) is 0. The average molecular weight is 192 g/mol. The van der Waals surface area contributed by atoms with Gasteiger partial charge < -0.3 is 4.57 Å². The fourth-order valence-electron chi connectivity index (χ4n) is 2.05. The highest BCUT2D eigenvalue weighted by Crippen LogP contribution is 2.29. The zero-order valence-electron chi connectivity index (χ0n) is 8.33. The Morgan fingerprint density at radius 1 is 1.38 bits per heavy atom. The molecule has 0 bridgehead atoms. The first kappa shape index (κ1) is 8.75. The monoisotopic (exact) mass is 192 g/mol. The van der Waals surface area contributed by atoms with Crippen LogP contribution in [0.25, 0.3) is 0 Å². The Kier molecular flexibility index (Phi) is 2.12. The van der Waals surface area contributed by atoms with Gasteiger partial charge in [0.2, 0.25) is 0 Å². The summed E-state index contributed by atoms with van der Waals surface area (Å²) < 4.78 is 2.53. The summed E-state index contributed by atoms with van der Waals surface area (Å²) in [5, 5.41) is 0. The predicted octanol–water partition coefficient (Wildman–Crippen LogP) is 2.50. The first-order chi connectivity index (χ1) is 6.20. The van der Waals surface area contributed by atoms with Crippen molar-refractivity contribution in [3.8, 4) is 0 Å². The minimum atomic E-state index is -1.14. The van der Waals surface area contributed by atoms with Gasteiger partial charge in [-0.25, -0.2) is 4.98 Å². The van der Waals surface area contributed by atoms with Gasteiger partial charge in [0, 0.05) is 12.7 Å². The first-order valence-electron chi connectivity index (χ1n) is 4.89. The molecule has 1 fully saturated rings. The van der Waals surface area contributed by atoms with Crippen molar-refractivity contribution in [3.05, 3.63) is 24.4 Å². The maximum atomic E-state index is 4.42. The van der Waals surface area contributed by atoms with Crippen molar-refractivity contribution in [2.24, 2.45) is 0 Å². The molecule has 1 aliphatic heterocycles. The molecular weight excluding hydrogens is 176 g/mol. The van der Waals surface area contributed by atoms with Crippen molar-refractivity contribution < 1.29 is 0 Å². The lowest BCUT2D eigenvalue weighted by Gasteiger charge is -2.30. The number of hydrogen-bond acceptors (Lipinski definition) is 2. The van der Waals surface area contributed by atoms with E-state index in [1.54, 1.807) is 0 Å². The Morgan fingerprint density at radius 3 is 2.77 bits per heavy atom. The number of rotatable bonds is 1. The molecule has 2 heterocycles. The van der Waals surface area contributed by atoms with Gasteiger partial charge >= 0.3 is 0 Å². The number of nitrogens with zero attached hydrogens (tertiary/aromatic N) is 2. The summed E-state index contributed by atoms with van der Waals surface area (Å²) in [6.07, 6.45) is 3.23. The van der Waals surface area contributed by atoms with E-state index >= 15 is 0 Å². The molecule has 0 saturated carbocycles. The molecule has 0 radical (unpaired) electrons. The minimum absolute atomic E-state index is 1.14. The molecule has 0 N–H and O–H groups in total. The summed E-state index contributed by atoms with van der Waals surface area (Å²) in [6.45, 7) is 6.06. The maximum absolute atomic E-state index is 4.42. The van der Waals surface area contributed by atoms with E-state index in [4.69, 9.17) is 0 Å². The van der Waals surface area contributed by atoms with Crippen LogP contribution in [-0.2, 0) is 0 Å². The predicted molar refractivity (Wildman–Crippen MR) is 58.5 cm³/mol. The van der Waals surface area contributed by atoms with Gasteiger partial charge in [-0.2, -0.15) is 0 Å². The molecule has 13 heavy (non-hydrogen) atoms. The van der Waals surface area contributed by atoms with E-state index < -0.39 is 8.24 Å². The molecule has 2 nitrogen and oxygen atoms in total. The summed E-state index contributed by atoms with van der Waals surface area (Å²) in [6, 6.07) is 7.59. The largest absolute Gasteiger partial charge is 0.383 e. The smallest absolute Gasteiger partial charge is 0.152 e. The SMILES string of the molecule is C[Si]1(C)CCCN1c1ccccn1. The van der Waals surface area contributed by atoms with Gasteiger partial charge in [-0.05, 0) is 24.6 Å². The third-order valence-electron chi connectivity index (χ3n) is 2.83. The van der Waals surface area contributed by atoms with Crippen LogP contribution in [0.4, 0.5) is 5.82 Å². The van der Waals surface area contributed by atoms with Gasteiger partial charge in [-0.3, -0.25) is 0 Å². The van der Waals surface area contributed by atoms with E-state index in [0.29, 0.717) is 0 Å². The minimum Gasteiger partial charge on any atom is -0.383 e. The van der Waals surface area contributed by atoms with Crippen LogP contribution in [0.15, 0.2) is 24.4 Å². The normalized spacial score (nSPS) is 20.6. The Hall–Kier alpha value is -0.833. The molecule has 0 amide bonds. The van der Waals surface area contributed by atoms with E-state index in [-0.39, 0.29) is 0 Å². The Bertz CT molecular complexity index is 284. The summed E-state index contributed by atoms with van der Waals surface area (Å²) in [4.78, 5) is 4.42. The zero-order valence-corrected chi connectivity index (χ0v) is 9.33. The highest BCUT2D eigenvalue weighted by molar-refractivity contribution is 6.81. The first-order valence-corrected chi connectivity index (χ1v) is 8.04. The third kappa shape index (κ3) is 1.61. The molecule has 0 aliphatic carbocycles. The molecular formula is C10H16N2Si. The molecule has 0 spiro atoms. The maximum Gasteiger partial charge on any atom is 0.152 e. The van der Waals surface area contributed by atoms with Gasteiger partial charge in [0.05, 0.1) is 0 Å². The van der Waals surface area contributed by atoms with Crippen LogP contribution in [-0.4, -0.2) is 19.8 Å². The quantitative estimate of drug-likeness (QED) is 0.636. The Labute approximate surface area is 80.7 Å². The van der Waals surface area contributed by atoms with Crippen molar-refractivity contribution in [1.29, 1.82) is 0 Å². The van der Waals surface area contributed by atoms with Crippen LogP contribution in [0.1, 0.15) is 6.42 Å². The van der Waals surface area contributed by atoms with E-state index in [1.165, 1.54) is 24.8 Å². The van der Waals surface area contributed by atoms with Crippen molar-refractivity contribution in [3.63, 3.8) is 0 Å². The summed E-state index contributed by atoms with van der Waals surface area (Å²) in [7, 11) is -1.14. The van der Waals surface area contributed by atoms with E-state index in [9.17, 15) is 0 Å². The second-order valence-electron chi connectivity index (χ2n) is 4.26. The molecule has 1 aromatic heterocycles. The van der Waals surface area contributed by atoms with Crippen molar-refractivity contribution in [2.75, 3.05) is 11.1 Å². The van der Waals surface area contributed by atoms with Crippen LogP contribution in [0.2, 0.25) is 19.1 Å². The molecule has 0 atom stereocenters. The molecule has 0 aromatic carbocycles. The van der Waals surface area contributed by atoms with Gasteiger partial charge in [0.15, 0.2) is 8.24 Å². The molecule has 1 aromatic rings. The molecule has 2 rings (SSSR count). The number of hydrogen-bond donors (Lipinski definition) is 0. The lowest BCUT2D eigenvalue weighted by atomic mass is 10.4. The Balaban J connectivity index is 2.27. The summed E-state index contributed by atoms with van der Waals surface area (Å²) in [5.74, 6) is 1.18. The number of pyridine rings is 1. The van der Waals surface area contributed by atoms with E-state index in [2.05, 4.69) is 34.8 Å². The van der Waals surface area contributed by atoms with E-state index in [1.807, 2.05) is 12.3 Å². The van der Waals surface area contributed by atoms with Gasteiger partial charge in [0.25, 0.3) is 0 Å². The van der Waals surface area contributed by atoms with Gasteiger partial charge in [-0.1, -0.05) is 19.2 Å². The van der Waals surface area contributed by atoms with Crippen LogP contribution in [0.5, 0.6) is 0 Å². The number of anilines is 1. The number of aromatic nitrogens is 1. The van der Waals surface area contributed by atoms with Gasteiger partial charge in [-0.15, -0.1) is 0 Å². The summed E-state index contributed by atoms with van der Waals surface area (Å²) >= 11 is 0. The average Bonchev–Trinajstić information content (AvgIpc) is 2.47. The molecule has 0 unspecified atom stereocenters. The second kappa shape index (κ2) is 3.14. The van der Waals surface area contributed by atoms with E-state index in [0.717, 1.165) is 0 Å². The highest BCUT2D eigenvalue weighted by atomic mass is 28.3. The second-order valence-corrected chi connectivity index (χ2v) is 8.92. The third-order valence-corrected chi connectivity index (χ3v) is 6.32. The molecule has 1 saturated heterocycles. The zero-order chi connectivity index (χ0) is 9.31. The van der Waals surface area contributed by atoms with Crippen molar-refractivity contribution in [1.82, 2.24) is 4.98 Å². The molecule has 3 heteroatoms. The topological polar surface area (TPSA) is 16.1 Å². The fraction of sp³-hybridized carbons (Fsp3) is 0.500. The van der Waals surface area contributed by atoms with Crippen LogP contribution < -0.4 is 4.57 Å². The Morgan fingerprint density at radius 2 is 2.23 bits per heavy atom. The fourth-order valence-corrected chi connectivity index (χ4v) is 4.85. The van der Waals surface area contributed by atoms with Crippen LogP contribution in [0, 0.1) is 0 Å². The van der Waals surface area contributed by atoms with Crippen molar-refractivity contribution in [2.45, 2.75) is 25.6 Å². The lowest BCUT2D eigenvalue weighted by molar-refractivity contribution is 0.966. The highest BCUT2D eigenvalue weighted by Gasteiger charge is 2.34.